The van der Waals surface area contributed by atoms with E-state index in [0.29, 0.717) is 5.82 Å². The highest BCUT2D eigenvalue weighted by molar-refractivity contribution is 5.69. The molecule has 1 aliphatic rings. The van der Waals surface area contributed by atoms with Crippen LogP contribution in [0, 0.1) is 0 Å². The van der Waals surface area contributed by atoms with Gasteiger partial charge in [0.15, 0.2) is 5.82 Å². The lowest BCUT2D eigenvalue weighted by molar-refractivity contribution is -0.138. The second-order valence-electron chi connectivity index (χ2n) is 5.26. The molecule has 1 aromatic heterocycles. The second kappa shape index (κ2) is 6.53. The van der Waals surface area contributed by atoms with E-state index in [2.05, 4.69) is 14.9 Å². The molecule has 6 nitrogen and oxygen atoms in total. The summed E-state index contributed by atoms with van der Waals surface area (Å²) in [5.41, 5.74) is 0.994. The summed E-state index contributed by atoms with van der Waals surface area (Å²) < 4.78 is 0. The highest BCUT2D eigenvalue weighted by Crippen LogP contribution is 2.19. The lowest BCUT2D eigenvalue weighted by atomic mass is 10.2. The summed E-state index contributed by atoms with van der Waals surface area (Å²) in [6.07, 6.45) is 1.77. The van der Waals surface area contributed by atoms with Gasteiger partial charge in [-0.25, -0.2) is 9.97 Å². The summed E-state index contributed by atoms with van der Waals surface area (Å²) in [4.78, 5) is 23.8. The number of aliphatic carboxylic acids is 1. The third-order valence-corrected chi connectivity index (χ3v) is 3.73. The maximum Gasteiger partial charge on any atom is 0.317 e. The molecule has 0 amide bonds. The highest BCUT2D eigenvalue weighted by atomic mass is 16.4. The van der Waals surface area contributed by atoms with Crippen LogP contribution in [-0.2, 0) is 4.79 Å². The molecule has 1 aromatic carbocycles. The van der Waals surface area contributed by atoms with Gasteiger partial charge in [-0.05, 0) is 6.07 Å². The first-order valence-electron chi connectivity index (χ1n) is 7.30. The first-order chi connectivity index (χ1) is 10.7. The van der Waals surface area contributed by atoms with E-state index in [1.54, 1.807) is 6.20 Å². The number of hydrogen-bond acceptors (Lipinski definition) is 5. The van der Waals surface area contributed by atoms with Gasteiger partial charge in [-0.3, -0.25) is 9.69 Å². The summed E-state index contributed by atoms with van der Waals surface area (Å²) in [5.74, 6) is 0.830. The number of aromatic nitrogens is 2. The van der Waals surface area contributed by atoms with Crippen molar-refractivity contribution in [3.8, 4) is 11.4 Å². The van der Waals surface area contributed by atoms with Crippen LogP contribution in [0.15, 0.2) is 42.6 Å². The maximum absolute atomic E-state index is 10.7. The maximum atomic E-state index is 10.7. The van der Waals surface area contributed by atoms with E-state index < -0.39 is 5.97 Å². The number of carboxylic acids is 1. The molecule has 0 bridgehead atoms. The van der Waals surface area contributed by atoms with Gasteiger partial charge in [0.25, 0.3) is 0 Å². The van der Waals surface area contributed by atoms with E-state index >= 15 is 0 Å². The van der Waals surface area contributed by atoms with Crippen LogP contribution in [0.4, 0.5) is 5.82 Å². The van der Waals surface area contributed by atoms with Gasteiger partial charge in [0.05, 0.1) is 6.54 Å². The molecular formula is C16H18N4O2. The molecule has 0 aliphatic carbocycles. The van der Waals surface area contributed by atoms with Gasteiger partial charge in [-0.2, -0.15) is 0 Å². The average molecular weight is 298 g/mol. The summed E-state index contributed by atoms with van der Waals surface area (Å²) >= 11 is 0. The number of anilines is 1. The van der Waals surface area contributed by atoms with Gasteiger partial charge in [0.1, 0.15) is 5.82 Å². The van der Waals surface area contributed by atoms with Crippen LogP contribution >= 0.6 is 0 Å². The van der Waals surface area contributed by atoms with Crippen molar-refractivity contribution in [2.24, 2.45) is 0 Å². The zero-order chi connectivity index (χ0) is 15.4. The highest BCUT2D eigenvalue weighted by Gasteiger charge is 2.19. The quantitative estimate of drug-likeness (QED) is 0.919. The normalized spacial score (nSPS) is 15.7. The van der Waals surface area contributed by atoms with Crippen molar-refractivity contribution in [3.05, 3.63) is 42.6 Å². The molecule has 3 rings (SSSR count). The molecule has 2 heterocycles. The first-order valence-corrected chi connectivity index (χ1v) is 7.30. The summed E-state index contributed by atoms with van der Waals surface area (Å²) in [7, 11) is 0. The number of carboxylic acid groups (broad SMARTS) is 1. The van der Waals surface area contributed by atoms with Gasteiger partial charge in [0.2, 0.25) is 0 Å². The monoisotopic (exact) mass is 298 g/mol. The molecular weight excluding hydrogens is 280 g/mol. The largest absolute Gasteiger partial charge is 0.480 e. The number of hydrogen-bond donors (Lipinski definition) is 1. The summed E-state index contributed by atoms with van der Waals surface area (Å²) in [6.45, 7) is 3.12. The smallest absolute Gasteiger partial charge is 0.317 e. The lowest BCUT2D eigenvalue weighted by Crippen LogP contribution is -2.48. The standard InChI is InChI=1S/C16H18N4O2/c21-15(22)12-19-8-10-20(11-9-19)14-6-7-17-16(18-14)13-4-2-1-3-5-13/h1-7H,8-12H2,(H,21,22). The zero-order valence-electron chi connectivity index (χ0n) is 12.2. The Morgan fingerprint density at radius 2 is 1.82 bits per heavy atom. The van der Waals surface area contributed by atoms with E-state index in [1.807, 2.05) is 41.3 Å². The molecule has 1 N–H and O–H groups in total. The fourth-order valence-corrected chi connectivity index (χ4v) is 2.58. The third kappa shape index (κ3) is 3.40. The molecule has 22 heavy (non-hydrogen) atoms. The van der Waals surface area contributed by atoms with Crippen molar-refractivity contribution < 1.29 is 9.90 Å². The Kier molecular flexibility index (Phi) is 4.29. The Hall–Kier alpha value is -2.47. The number of rotatable bonds is 4. The zero-order valence-corrected chi connectivity index (χ0v) is 12.2. The van der Waals surface area contributed by atoms with Crippen molar-refractivity contribution in [1.29, 1.82) is 0 Å². The molecule has 2 aromatic rings. The molecule has 0 unspecified atom stereocenters. The Balaban J connectivity index is 1.70. The van der Waals surface area contributed by atoms with Crippen molar-refractivity contribution >= 4 is 11.8 Å². The van der Waals surface area contributed by atoms with E-state index in [4.69, 9.17) is 5.11 Å². The molecule has 0 saturated carbocycles. The molecule has 114 valence electrons. The fraction of sp³-hybridized carbons (Fsp3) is 0.312. The topological polar surface area (TPSA) is 69.6 Å². The molecule has 1 fully saturated rings. The van der Waals surface area contributed by atoms with Crippen LogP contribution in [0.5, 0.6) is 0 Å². The third-order valence-electron chi connectivity index (χ3n) is 3.73. The molecule has 0 atom stereocenters. The van der Waals surface area contributed by atoms with Gasteiger partial charge in [-0.1, -0.05) is 30.3 Å². The predicted molar refractivity (Wildman–Crippen MR) is 83.8 cm³/mol. The number of piperazine rings is 1. The Labute approximate surface area is 129 Å². The number of carbonyl (C=O) groups is 1. The molecule has 0 radical (unpaired) electrons. The SMILES string of the molecule is O=C(O)CN1CCN(c2ccnc(-c3ccccc3)n2)CC1. The Bertz CT molecular complexity index is 640. The van der Waals surface area contributed by atoms with E-state index in [0.717, 1.165) is 37.6 Å². The van der Waals surface area contributed by atoms with Gasteiger partial charge < -0.3 is 10.0 Å². The minimum Gasteiger partial charge on any atom is -0.480 e. The lowest BCUT2D eigenvalue weighted by Gasteiger charge is -2.34. The van der Waals surface area contributed by atoms with Gasteiger partial charge in [-0.15, -0.1) is 0 Å². The van der Waals surface area contributed by atoms with Crippen molar-refractivity contribution in [2.45, 2.75) is 0 Å². The van der Waals surface area contributed by atoms with E-state index in [9.17, 15) is 4.79 Å². The van der Waals surface area contributed by atoms with Crippen LogP contribution in [0.2, 0.25) is 0 Å². The van der Waals surface area contributed by atoms with Gasteiger partial charge >= 0.3 is 5.97 Å². The van der Waals surface area contributed by atoms with Crippen molar-refractivity contribution in [1.82, 2.24) is 14.9 Å². The van der Waals surface area contributed by atoms with Crippen LogP contribution in [0.25, 0.3) is 11.4 Å². The summed E-state index contributed by atoms with van der Waals surface area (Å²) in [6, 6.07) is 11.8. The van der Waals surface area contributed by atoms with E-state index in [1.165, 1.54) is 0 Å². The minimum atomic E-state index is -0.776. The van der Waals surface area contributed by atoms with Crippen molar-refractivity contribution in [2.75, 3.05) is 37.6 Å². The number of benzene rings is 1. The predicted octanol–water partition coefficient (Wildman–Crippen LogP) is 1.35. The van der Waals surface area contributed by atoms with Crippen molar-refractivity contribution in [3.63, 3.8) is 0 Å². The van der Waals surface area contributed by atoms with Crippen LogP contribution in [-0.4, -0.2) is 58.7 Å². The van der Waals surface area contributed by atoms with Crippen LogP contribution in [0.1, 0.15) is 0 Å². The minimum absolute atomic E-state index is 0.104. The molecule has 6 heteroatoms. The summed E-state index contributed by atoms with van der Waals surface area (Å²) in [5, 5.41) is 8.84. The molecule has 1 saturated heterocycles. The van der Waals surface area contributed by atoms with Gasteiger partial charge in [0, 0.05) is 37.9 Å². The fourth-order valence-electron chi connectivity index (χ4n) is 2.58. The molecule has 0 spiro atoms. The van der Waals surface area contributed by atoms with E-state index in [-0.39, 0.29) is 6.54 Å². The van der Waals surface area contributed by atoms with Crippen LogP contribution in [0.3, 0.4) is 0 Å². The average Bonchev–Trinajstić information content (AvgIpc) is 2.56. The Morgan fingerprint density at radius 1 is 1.09 bits per heavy atom. The second-order valence-corrected chi connectivity index (χ2v) is 5.26. The molecule has 1 aliphatic heterocycles. The Morgan fingerprint density at radius 3 is 2.50 bits per heavy atom. The first kappa shape index (κ1) is 14.5. The number of nitrogens with zero attached hydrogens (tertiary/aromatic N) is 4. The van der Waals surface area contributed by atoms with Crippen LogP contribution < -0.4 is 4.90 Å².